The molecule has 31 heavy (non-hydrogen) atoms. The number of anilines is 3. The third kappa shape index (κ3) is 5.21. The van der Waals surface area contributed by atoms with E-state index < -0.39 is 0 Å². The maximum atomic E-state index is 12.5. The van der Waals surface area contributed by atoms with E-state index in [0.29, 0.717) is 29.0 Å². The minimum absolute atomic E-state index is 0.107. The van der Waals surface area contributed by atoms with Crippen molar-refractivity contribution in [1.29, 1.82) is 0 Å². The predicted octanol–water partition coefficient (Wildman–Crippen LogP) is 4.60. The summed E-state index contributed by atoms with van der Waals surface area (Å²) in [6, 6.07) is 17.6. The monoisotopic (exact) mass is 481 g/mol. The van der Waals surface area contributed by atoms with E-state index in [9.17, 15) is 14.4 Å². The highest BCUT2D eigenvalue weighted by Crippen LogP contribution is 2.24. The van der Waals surface area contributed by atoms with Gasteiger partial charge < -0.3 is 20.0 Å². The van der Waals surface area contributed by atoms with Gasteiger partial charge >= 0.3 is 0 Å². The summed E-state index contributed by atoms with van der Waals surface area (Å²) in [6.45, 7) is 0.705. The minimum Gasteiger partial charge on any atom is -0.444 e. The third-order valence-electron chi connectivity index (χ3n) is 4.89. The molecule has 0 saturated carbocycles. The largest absolute Gasteiger partial charge is 0.444 e. The van der Waals surface area contributed by atoms with E-state index in [2.05, 4.69) is 26.6 Å². The Morgan fingerprint density at radius 3 is 2.48 bits per heavy atom. The van der Waals surface area contributed by atoms with Gasteiger partial charge in [-0.25, -0.2) is 0 Å². The van der Waals surface area contributed by atoms with Gasteiger partial charge in [0, 0.05) is 30.0 Å². The number of halogens is 1. The maximum Gasteiger partial charge on any atom is 0.291 e. The van der Waals surface area contributed by atoms with Gasteiger partial charge in [0.05, 0.1) is 6.42 Å². The predicted molar refractivity (Wildman–Crippen MR) is 121 cm³/mol. The molecule has 4 rings (SSSR count). The summed E-state index contributed by atoms with van der Waals surface area (Å²) in [5.41, 5.74) is 2.85. The van der Waals surface area contributed by atoms with E-state index in [4.69, 9.17) is 4.42 Å². The molecular weight excluding hydrogens is 462 g/mol. The van der Waals surface area contributed by atoms with Gasteiger partial charge in [-0.15, -0.1) is 0 Å². The molecule has 0 atom stereocenters. The summed E-state index contributed by atoms with van der Waals surface area (Å²) in [5.74, 6) is -0.210. The van der Waals surface area contributed by atoms with E-state index in [1.54, 1.807) is 47.4 Å². The van der Waals surface area contributed by atoms with Gasteiger partial charge in [-0.1, -0.05) is 18.2 Å². The second kappa shape index (κ2) is 9.18. The Hall–Kier alpha value is -3.39. The molecule has 2 N–H and O–H groups in total. The molecule has 8 heteroatoms. The van der Waals surface area contributed by atoms with Gasteiger partial charge in [0.25, 0.3) is 5.91 Å². The zero-order valence-electron chi connectivity index (χ0n) is 16.6. The molecular formula is C23H20BrN3O4. The molecule has 0 unspecified atom stereocenters. The average molecular weight is 482 g/mol. The average Bonchev–Trinajstić information content (AvgIpc) is 3.38. The van der Waals surface area contributed by atoms with Crippen molar-refractivity contribution in [3.05, 3.63) is 76.7 Å². The summed E-state index contributed by atoms with van der Waals surface area (Å²) in [6.07, 6.45) is 1.60. The van der Waals surface area contributed by atoms with E-state index in [0.717, 1.165) is 17.7 Å². The summed E-state index contributed by atoms with van der Waals surface area (Å²) < 4.78 is 5.71. The number of benzene rings is 2. The Kier molecular flexibility index (Phi) is 6.18. The number of furan rings is 1. The third-order valence-corrected chi connectivity index (χ3v) is 5.31. The van der Waals surface area contributed by atoms with Crippen molar-refractivity contribution in [1.82, 2.24) is 0 Å². The second-order valence-corrected chi connectivity index (χ2v) is 7.96. The molecule has 158 valence electrons. The van der Waals surface area contributed by atoms with Crippen molar-refractivity contribution in [2.24, 2.45) is 0 Å². The van der Waals surface area contributed by atoms with Crippen LogP contribution in [0.1, 0.15) is 29.0 Å². The van der Waals surface area contributed by atoms with E-state index in [-0.39, 0.29) is 29.9 Å². The van der Waals surface area contributed by atoms with Gasteiger partial charge in [0.1, 0.15) is 0 Å². The van der Waals surface area contributed by atoms with Crippen LogP contribution in [0.5, 0.6) is 0 Å². The molecule has 0 bridgehead atoms. The zero-order chi connectivity index (χ0) is 21.8. The molecule has 2 aromatic carbocycles. The van der Waals surface area contributed by atoms with Crippen molar-refractivity contribution in [3.8, 4) is 0 Å². The van der Waals surface area contributed by atoms with Gasteiger partial charge in [0.15, 0.2) is 10.4 Å². The molecule has 1 aliphatic heterocycles. The van der Waals surface area contributed by atoms with Crippen LogP contribution in [0.15, 0.2) is 69.8 Å². The van der Waals surface area contributed by atoms with E-state index in [1.165, 1.54) is 0 Å². The van der Waals surface area contributed by atoms with Gasteiger partial charge in [-0.2, -0.15) is 0 Å². The fourth-order valence-corrected chi connectivity index (χ4v) is 3.70. The van der Waals surface area contributed by atoms with Crippen LogP contribution >= 0.6 is 15.9 Å². The molecule has 0 radical (unpaired) electrons. The lowest BCUT2D eigenvalue weighted by Crippen LogP contribution is -2.23. The van der Waals surface area contributed by atoms with Gasteiger partial charge in [-0.05, 0) is 70.4 Å². The first-order valence-corrected chi connectivity index (χ1v) is 10.6. The Morgan fingerprint density at radius 1 is 1.00 bits per heavy atom. The van der Waals surface area contributed by atoms with Crippen molar-refractivity contribution in [3.63, 3.8) is 0 Å². The molecule has 1 fully saturated rings. The molecule has 0 aliphatic carbocycles. The number of rotatable bonds is 6. The van der Waals surface area contributed by atoms with Gasteiger partial charge in [-0.3, -0.25) is 14.4 Å². The molecule has 7 nitrogen and oxygen atoms in total. The number of hydrogen-bond donors (Lipinski definition) is 2. The van der Waals surface area contributed by atoms with Gasteiger partial charge in [0.2, 0.25) is 11.8 Å². The molecule has 1 aromatic heterocycles. The smallest absolute Gasteiger partial charge is 0.291 e. The molecule has 3 amide bonds. The summed E-state index contributed by atoms with van der Waals surface area (Å²) in [5, 5.41) is 5.62. The van der Waals surface area contributed by atoms with E-state index >= 15 is 0 Å². The van der Waals surface area contributed by atoms with Crippen molar-refractivity contribution in [2.75, 3.05) is 22.1 Å². The molecule has 2 heterocycles. The van der Waals surface area contributed by atoms with Crippen LogP contribution in [0.25, 0.3) is 0 Å². The minimum atomic E-state index is -0.354. The highest BCUT2D eigenvalue weighted by Gasteiger charge is 2.21. The second-order valence-electron chi connectivity index (χ2n) is 7.18. The fourth-order valence-electron chi connectivity index (χ4n) is 3.40. The number of nitrogens with zero attached hydrogens (tertiary/aromatic N) is 1. The Morgan fingerprint density at radius 2 is 1.81 bits per heavy atom. The van der Waals surface area contributed by atoms with Crippen molar-refractivity contribution in [2.45, 2.75) is 19.3 Å². The van der Waals surface area contributed by atoms with Crippen LogP contribution in [-0.2, 0) is 16.0 Å². The number of carbonyl (C=O) groups is 3. The maximum absolute atomic E-state index is 12.5. The van der Waals surface area contributed by atoms with Crippen LogP contribution in [0.2, 0.25) is 0 Å². The molecule has 3 aromatic rings. The first-order chi connectivity index (χ1) is 15.0. The Labute approximate surface area is 187 Å². The zero-order valence-corrected chi connectivity index (χ0v) is 18.1. The topological polar surface area (TPSA) is 91.7 Å². The lowest BCUT2D eigenvalue weighted by molar-refractivity contribution is -0.117. The normalized spacial score (nSPS) is 13.3. The summed E-state index contributed by atoms with van der Waals surface area (Å²) >= 11 is 3.16. The number of hydrogen-bond acceptors (Lipinski definition) is 4. The van der Waals surface area contributed by atoms with Crippen LogP contribution in [0, 0.1) is 0 Å². The lowest BCUT2D eigenvalue weighted by atomic mass is 10.1. The highest BCUT2D eigenvalue weighted by molar-refractivity contribution is 9.10. The van der Waals surface area contributed by atoms with Crippen LogP contribution < -0.4 is 15.5 Å². The molecule has 0 spiro atoms. The number of nitrogens with one attached hydrogen (secondary N) is 2. The SMILES string of the molecule is O=C(Cc1ccc(NC(=O)c2ccc(Br)o2)cc1)Nc1cccc(N2CCCC2=O)c1. The quantitative estimate of drug-likeness (QED) is 0.537. The molecule has 1 saturated heterocycles. The number of amides is 3. The molecule has 1 aliphatic rings. The first-order valence-electron chi connectivity index (χ1n) is 9.84. The van der Waals surface area contributed by atoms with Crippen LogP contribution in [-0.4, -0.2) is 24.3 Å². The number of carbonyl (C=O) groups excluding carboxylic acids is 3. The van der Waals surface area contributed by atoms with Crippen LogP contribution in [0.3, 0.4) is 0 Å². The van der Waals surface area contributed by atoms with E-state index in [1.807, 2.05) is 18.2 Å². The standard InChI is InChI=1S/C23H20BrN3O4/c24-20-11-10-19(31-20)23(30)26-16-8-6-15(7-9-16)13-21(28)25-17-3-1-4-18(14-17)27-12-2-5-22(27)29/h1,3-4,6-11,14H,2,5,12-13H2,(H,25,28)(H,26,30). The van der Waals surface area contributed by atoms with Crippen molar-refractivity contribution < 1.29 is 18.8 Å². The van der Waals surface area contributed by atoms with Crippen molar-refractivity contribution >= 4 is 50.7 Å². The fraction of sp³-hybridized carbons (Fsp3) is 0.174. The Bertz CT molecular complexity index is 1120. The van der Waals surface area contributed by atoms with Crippen LogP contribution in [0.4, 0.5) is 17.1 Å². The first kappa shape index (κ1) is 20.9. The lowest BCUT2D eigenvalue weighted by Gasteiger charge is -2.16. The summed E-state index contributed by atoms with van der Waals surface area (Å²) in [7, 11) is 0. The Balaban J connectivity index is 1.34. The summed E-state index contributed by atoms with van der Waals surface area (Å²) in [4.78, 5) is 38.2. The highest BCUT2D eigenvalue weighted by atomic mass is 79.9.